The second-order valence-electron chi connectivity index (χ2n) is 6.71. The molecule has 1 unspecified atom stereocenters. The molecule has 0 N–H and O–H groups in total. The minimum atomic E-state index is -4.51. The van der Waals surface area contributed by atoms with Gasteiger partial charge >= 0.3 is 6.18 Å². The van der Waals surface area contributed by atoms with E-state index in [1.807, 2.05) is 4.90 Å². The Bertz CT molecular complexity index is 647. The molecule has 24 heavy (non-hydrogen) atoms. The van der Waals surface area contributed by atoms with Gasteiger partial charge in [-0.05, 0) is 19.9 Å². The number of alkyl halides is 3. The lowest BCUT2D eigenvalue weighted by molar-refractivity contribution is -0.137. The SMILES string of the molecule is CC(C)N1CCN2c3ncc(C(F)(F)F)cc3C(=O)N(C)CC2C1. The zero-order valence-electron chi connectivity index (χ0n) is 14.0. The average molecular weight is 342 g/mol. The van der Waals surface area contributed by atoms with Crippen molar-refractivity contribution in [2.45, 2.75) is 32.1 Å². The smallest absolute Gasteiger partial charge is 0.349 e. The van der Waals surface area contributed by atoms with Crippen LogP contribution in [-0.2, 0) is 6.18 Å². The van der Waals surface area contributed by atoms with Crippen molar-refractivity contribution >= 4 is 11.7 Å². The first-order chi connectivity index (χ1) is 11.2. The lowest BCUT2D eigenvalue weighted by Crippen LogP contribution is -2.57. The van der Waals surface area contributed by atoms with E-state index < -0.39 is 17.6 Å². The molecular weight excluding hydrogens is 321 g/mol. The predicted molar refractivity (Wildman–Crippen MR) is 84.0 cm³/mol. The monoisotopic (exact) mass is 342 g/mol. The van der Waals surface area contributed by atoms with E-state index in [-0.39, 0.29) is 11.6 Å². The number of carbonyl (C=O) groups excluding carboxylic acids is 1. The van der Waals surface area contributed by atoms with Crippen molar-refractivity contribution in [3.05, 3.63) is 23.4 Å². The number of aromatic nitrogens is 1. The van der Waals surface area contributed by atoms with E-state index in [4.69, 9.17) is 0 Å². The van der Waals surface area contributed by atoms with E-state index in [0.717, 1.165) is 25.4 Å². The van der Waals surface area contributed by atoms with Gasteiger partial charge in [-0.2, -0.15) is 13.2 Å². The van der Waals surface area contributed by atoms with Crippen molar-refractivity contribution in [3.8, 4) is 0 Å². The van der Waals surface area contributed by atoms with Crippen molar-refractivity contribution in [3.63, 3.8) is 0 Å². The molecule has 3 heterocycles. The standard InChI is InChI=1S/C16H21F3N4O/c1-10(2)22-4-5-23-12(9-22)8-21(3)15(24)13-6-11(16(17,18)19)7-20-14(13)23/h6-7,10,12H,4-5,8-9H2,1-3H3. The number of rotatable bonds is 1. The Hall–Kier alpha value is -1.83. The van der Waals surface area contributed by atoms with Crippen molar-refractivity contribution in [1.29, 1.82) is 0 Å². The van der Waals surface area contributed by atoms with Crippen molar-refractivity contribution in [2.75, 3.05) is 38.1 Å². The Kier molecular flexibility index (Phi) is 4.19. The molecule has 2 aliphatic rings. The van der Waals surface area contributed by atoms with Gasteiger partial charge in [0, 0.05) is 45.5 Å². The molecule has 1 saturated heterocycles. The average Bonchev–Trinajstić information content (AvgIpc) is 2.61. The molecule has 132 valence electrons. The van der Waals surface area contributed by atoms with Gasteiger partial charge in [-0.25, -0.2) is 4.98 Å². The molecule has 1 fully saturated rings. The third kappa shape index (κ3) is 2.94. The second kappa shape index (κ2) is 5.91. The molecular formula is C16H21F3N4O. The number of anilines is 1. The Morgan fingerprint density at radius 1 is 1.25 bits per heavy atom. The normalized spacial score (nSPS) is 22.5. The summed E-state index contributed by atoms with van der Waals surface area (Å²) in [6, 6.07) is 1.34. The van der Waals surface area contributed by atoms with E-state index >= 15 is 0 Å². The predicted octanol–water partition coefficient (Wildman–Crippen LogP) is 2.08. The summed E-state index contributed by atoms with van der Waals surface area (Å²) >= 11 is 0. The summed E-state index contributed by atoms with van der Waals surface area (Å²) < 4.78 is 38.9. The van der Waals surface area contributed by atoms with Gasteiger partial charge in [0.05, 0.1) is 17.2 Å². The number of piperazine rings is 1. The molecule has 0 saturated carbocycles. The zero-order valence-corrected chi connectivity index (χ0v) is 14.0. The van der Waals surface area contributed by atoms with Crippen LogP contribution in [0, 0.1) is 0 Å². The molecule has 1 atom stereocenters. The van der Waals surface area contributed by atoms with Crippen LogP contribution in [0.1, 0.15) is 29.8 Å². The van der Waals surface area contributed by atoms with Gasteiger partial charge in [0.2, 0.25) is 0 Å². The summed E-state index contributed by atoms with van der Waals surface area (Å²) in [4.78, 5) is 22.4. The summed E-state index contributed by atoms with van der Waals surface area (Å²) in [6.45, 7) is 6.91. The highest BCUT2D eigenvalue weighted by Crippen LogP contribution is 2.34. The minimum Gasteiger partial charge on any atom is -0.349 e. The second-order valence-corrected chi connectivity index (χ2v) is 6.71. The van der Waals surface area contributed by atoms with Crippen LogP contribution in [-0.4, -0.2) is 66.0 Å². The first-order valence-electron chi connectivity index (χ1n) is 8.02. The maximum absolute atomic E-state index is 13.0. The molecule has 0 radical (unpaired) electrons. The molecule has 1 amide bonds. The largest absolute Gasteiger partial charge is 0.417 e. The topological polar surface area (TPSA) is 39.7 Å². The van der Waals surface area contributed by atoms with Crippen LogP contribution >= 0.6 is 0 Å². The molecule has 2 aliphatic heterocycles. The summed E-state index contributed by atoms with van der Waals surface area (Å²) in [5.74, 6) is -0.0418. The third-order valence-electron chi connectivity index (χ3n) is 4.77. The van der Waals surface area contributed by atoms with E-state index in [2.05, 4.69) is 23.7 Å². The number of hydrogen-bond donors (Lipinski definition) is 0. The summed E-state index contributed by atoms with van der Waals surface area (Å²) in [5, 5.41) is 0. The summed E-state index contributed by atoms with van der Waals surface area (Å²) in [7, 11) is 1.63. The van der Waals surface area contributed by atoms with Crippen molar-refractivity contribution in [2.24, 2.45) is 0 Å². The van der Waals surface area contributed by atoms with Crippen LogP contribution in [0.15, 0.2) is 12.3 Å². The van der Waals surface area contributed by atoms with E-state index in [1.165, 1.54) is 4.90 Å². The molecule has 8 heteroatoms. The Morgan fingerprint density at radius 3 is 2.58 bits per heavy atom. The van der Waals surface area contributed by atoms with E-state index in [0.29, 0.717) is 24.9 Å². The molecule has 1 aromatic heterocycles. The van der Waals surface area contributed by atoms with Crippen LogP contribution in [0.4, 0.5) is 19.0 Å². The highest BCUT2D eigenvalue weighted by molar-refractivity contribution is 5.99. The minimum absolute atomic E-state index is 0.0283. The molecule has 0 bridgehead atoms. The van der Waals surface area contributed by atoms with Crippen LogP contribution in [0.25, 0.3) is 0 Å². The maximum Gasteiger partial charge on any atom is 0.417 e. The molecule has 0 spiro atoms. The quantitative estimate of drug-likeness (QED) is 0.783. The number of pyridine rings is 1. The number of likely N-dealkylation sites (N-methyl/N-ethyl adjacent to an activating group) is 1. The van der Waals surface area contributed by atoms with Gasteiger partial charge in [-0.3, -0.25) is 9.69 Å². The summed E-state index contributed by atoms with van der Waals surface area (Å²) in [6.07, 6.45) is -3.69. The fourth-order valence-corrected chi connectivity index (χ4v) is 3.39. The lowest BCUT2D eigenvalue weighted by Gasteiger charge is -2.43. The van der Waals surface area contributed by atoms with Gasteiger partial charge in [0.25, 0.3) is 5.91 Å². The van der Waals surface area contributed by atoms with Crippen LogP contribution < -0.4 is 4.90 Å². The number of fused-ring (bicyclic) bond motifs is 3. The molecule has 5 nitrogen and oxygen atoms in total. The summed E-state index contributed by atoms with van der Waals surface area (Å²) in [5.41, 5.74) is -0.852. The van der Waals surface area contributed by atoms with Gasteiger partial charge in [-0.1, -0.05) is 0 Å². The molecule has 1 aromatic rings. The van der Waals surface area contributed by atoms with Gasteiger partial charge in [0.1, 0.15) is 5.82 Å². The van der Waals surface area contributed by atoms with Crippen LogP contribution in [0.2, 0.25) is 0 Å². The van der Waals surface area contributed by atoms with Crippen molar-refractivity contribution in [1.82, 2.24) is 14.8 Å². The fraction of sp³-hybridized carbons (Fsp3) is 0.625. The number of carbonyl (C=O) groups is 1. The Labute approximate surface area is 139 Å². The number of amides is 1. The van der Waals surface area contributed by atoms with E-state index in [9.17, 15) is 18.0 Å². The first-order valence-corrected chi connectivity index (χ1v) is 8.02. The Morgan fingerprint density at radius 2 is 1.96 bits per heavy atom. The maximum atomic E-state index is 13.0. The van der Waals surface area contributed by atoms with E-state index in [1.54, 1.807) is 7.05 Å². The van der Waals surface area contributed by atoms with Gasteiger partial charge in [-0.15, -0.1) is 0 Å². The number of hydrogen-bond acceptors (Lipinski definition) is 4. The van der Waals surface area contributed by atoms with Gasteiger partial charge in [0.15, 0.2) is 0 Å². The van der Waals surface area contributed by atoms with Crippen molar-refractivity contribution < 1.29 is 18.0 Å². The number of halogens is 3. The zero-order chi connectivity index (χ0) is 17.6. The first kappa shape index (κ1) is 17.0. The van der Waals surface area contributed by atoms with Crippen LogP contribution in [0.3, 0.4) is 0 Å². The lowest BCUT2D eigenvalue weighted by atomic mass is 10.1. The molecule has 3 rings (SSSR count). The molecule has 0 aromatic carbocycles. The number of nitrogens with zero attached hydrogens (tertiary/aromatic N) is 4. The van der Waals surface area contributed by atoms with Crippen LogP contribution in [0.5, 0.6) is 0 Å². The highest BCUT2D eigenvalue weighted by Gasteiger charge is 2.39. The molecule has 0 aliphatic carbocycles. The third-order valence-corrected chi connectivity index (χ3v) is 4.77. The highest BCUT2D eigenvalue weighted by atomic mass is 19.4. The Balaban J connectivity index is 2.01. The fourth-order valence-electron chi connectivity index (χ4n) is 3.39. The van der Waals surface area contributed by atoms with Gasteiger partial charge < -0.3 is 9.80 Å².